The Hall–Kier alpha value is -3.75. The average Bonchev–Trinajstić information content (AvgIpc) is 3.09. The molecule has 3 aliphatic rings. The third-order valence-electron chi connectivity index (χ3n) is 7.11. The maximum absolute atomic E-state index is 14.1. The summed E-state index contributed by atoms with van der Waals surface area (Å²) in [4.78, 5) is 42.7. The topological polar surface area (TPSA) is 103 Å². The van der Waals surface area contributed by atoms with E-state index < -0.39 is 35.3 Å². The number of methoxy groups -OCH3 is 2. The molecule has 9 nitrogen and oxygen atoms in total. The van der Waals surface area contributed by atoms with E-state index in [0.29, 0.717) is 34.1 Å². The molecule has 4 atom stereocenters. The van der Waals surface area contributed by atoms with Gasteiger partial charge in [0.25, 0.3) is 11.8 Å². The first kappa shape index (κ1) is 22.1. The van der Waals surface area contributed by atoms with Gasteiger partial charge in [0.2, 0.25) is 0 Å². The number of amides is 2. The van der Waals surface area contributed by atoms with Crippen LogP contribution in [-0.2, 0) is 14.3 Å². The highest BCUT2D eigenvalue weighted by Gasteiger charge is 2.67. The lowest BCUT2D eigenvalue weighted by Gasteiger charge is -2.38. The average molecular weight is 466 g/mol. The number of carbonyl (C=O) groups is 3. The van der Waals surface area contributed by atoms with Gasteiger partial charge in [0.15, 0.2) is 0 Å². The molecule has 1 fully saturated rings. The van der Waals surface area contributed by atoms with E-state index in [9.17, 15) is 14.4 Å². The predicted octanol–water partition coefficient (Wildman–Crippen LogP) is 2.80. The van der Waals surface area contributed by atoms with Crippen molar-refractivity contribution in [3.8, 4) is 17.2 Å². The third kappa shape index (κ3) is 2.96. The summed E-state index contributed by atoms with van der Waals surface area (Å²) in [5.41, 5.74) is -0.132. The molecule has 178 valence electrons. The second kappa shape index (κ2) is 7.93. The highest BCUT2D eigenvalue weighted by Crippen LogP contribution is 2.57. The van der Waals surface area contributed by atoms with Crippen LogP contribution in [0.25, 0.3) is 0 Å². The lowest BCUT2D eigenvalue weighted by Crippen LogP contribution is -2.57. The molecule has 0 radical (unpaired) electrons. The van der Waals surface area contributed by atoms with Crippen LogP contribution in [0.1, 0.15) is 35.8 Å². The van der Waals surface area contributed by atoms with Crippen LogP contribution in [0.5, 0.6) is 17.2 Å². The number of fused-ring (bicyclic) bond motifs is 6. The highest BCUT2D eigenvalue weighted by molar-refractivity contribution is 6.13. The number of benzene rings is 2. The zero-order chi connectivity index (χ0) is 24.2. The van der Waals surface area contributed by atoms with Crippen molar-refractivity contribution in [1.29, 1.82) is 0 Å². The van der Waals surface area contributed by atoms with Crippen molar-refractivity contribution in [2.45, 2.75) is 25.4 Å². The molecule has 1 saturated heterocycles. The molecule has 0 saturated carbocycles. The minimum atomic E-state index is -1.50. The van der Waals surface area contributed by atoms with E-state index in [1.165, 1.54) is 12.0 Å². The van der Waals surface area contributed by atoms with E-state index in [2.05, 4.69) is 5.32 Å². The monoisotopic (exact) mass is 466 g/mol. The van der Waals surface area contributed by atoms with Crippen molar-refractivity contribution in [2.75, 3.05) is 32.8 Å². The van der Waals surface area contributed by atoms with Gasteiger partial charge in [-0.1, -0.05) is 0 Å². The van der Waals surface area contributed by atoms with Crippen molar-refractivity contribution in [3.63, 3.8) is 0 Å². The fraction of sp³-hybridized carbons (Fsp3) is 0.400. The first-order chi connectivity index (χ1) is 16.3. The molecular weight excluding hydrogens is 440 g/mol. The summed E-state index contributed by atoms with van der Waals surface area (Å²) in [6.45, 7) is 3.65. The molecule has 3 heterocycles. The molecule has 2 aromatic rings. The molecule has 0 spiro atoms. The van der Waals surface area contributed by atoms with Gasteiger partial charge in [-0.3, -0.25) is 14.4 Å². The Morgan fingerprint density at radius 2 is 1.85 bits per heavy atom. The number of hydrogen-bond acceptors (Lipinski definition) is 7. The number of rotatable bonds is 4. The van der Waals surface area contributed by atoms with Crippen LogP contribution in [0.4, 0.5) is 5.69 Å². The van der Waals surface area contributed by atoms with Crippen molar-refractivity contribution in [2.24, 2.45) is 11.8 Å². The van der Waals surface area contributed by atoms with E-state index >= 15 is 0 Å². The molecule has 3 aliphatic heterocycles. The molecule has 0 aromatic heterocycles. The Morgan fingerprint density at radius 1 is 1.15 bits per heavy atom. The van der Waals surface area contributed by atoms with Crippen molar-refractivity contribution in [1.82, 2.24) is 4.90 Å². The van der Waals surface area contributed by atoms with E-state index in [-0.39, 0.29) is 19.1 Å². The largest absolute Gasteiger partial charge is 0.497 e. The molecular formula is C25H26N2O7. The smallest absolute Gasteiger partial charge is 0.312 e. The molecule has 9 heteroatoms. The van der Waals surface area contributed by atoms with Gasteiger partial charge >= 0.3 is 5.97 Å². The van der Waals surface area contributed by atoms with Crippen molar-refractivity contribution < 1.29 is 33.3 Å². The Bertz CT molecular complexity index is 1200. The lowest BCUT2D eigenvalue weighted by atomic mass is 9.77. The minimum Gasteiger partial charge on any atom is -0.497 e. The maximum Gasteiger partial charge on any atom is 0.312 e. The lowest BCUT2D eigenvalue weighted by molar-refractivity contribution is -0.155. The van der Waals surface area contributed by atoms with Crippen LogP contribution in [0.3, 0.4) is 0 Å². The Labute approximate surface area is 196 Å². The Balaban J connectivity index is 1.73. The molecule has 0 bridgehead atoms. The molecule has 2 amide bonds. The summed E-state index contributed by atoms with van der Waals surface area (Å²) in [7, 11) is 3.07. The number of nitrogens with zero attached hydrogens (tertiary/aromatic N) is 1. The number of nitrogens with one attached hydrogen (secondary N) is 1. The van der Waals surface area contributed by atoms with Crippen LogP contribution >= 0.6 is 0 Å². The van der Waals surface area contributed by atoms with Crippen LogP contribution in [-0.4, -0.2) is 55.7 Å². The highest BCUT2D eigenvalue weighted by atomic mass is 16.5. The maximum atomic E-state index is 14.1. The van der Waals surface area contributed by atoms with Crippen molar-refractivity contribution in [3.05, 3.63) is 47.5 Å². The summed E-state index contributed by atoms with van der Waals surface area (Å²) in [5, 5.41) is 2.87. The Morgan fingerprint density at radius 3 is 2.56 bits per heavy atom. The van der Waals surface area contributed by atoms with Crippen molar-refractivity contribution >= 4 is 23.5 Å². The Kier molecular flexibility index (Phi) is 5.15. The van der Waals surface area contributed by atoms with Gasteiger partial charge < -0.3 is 29.2 Å². The summed E-state index contributed by atoms with van der Waals surface area (Å²) >= 11 is 0. The molecule has 34 heavy (non-hydrogen) atoms. The number of esters is 1. The standard InChI is InChI=1S/C25H26N2O7/c1-5-33-23(29)20-17-12-34-19-11-14(32-4)6-8-15(19)21(17)27-22(28)16-10-13(31-3)7-9-18(16)26-24(30)25(20,27)2/h6-11,17,20-21H,5,12H2,1-4H3,(H,26,30)/t17-,20-,21+,25-/m1/s1. The third-order valence-corrected chi connectivity index (χ3v) is 7.11. The summed E-state index contributed by atoms with van der Waals surface area (Å²) in [6, 6.07) is 9.68. The summed E-state index contributed by atoms with van der Waals surface area (Å²) in [6.07, 6.45) is 0. The molecule has 1 N–H and O–H groups in total. The second-order valence-corrected chi connectivity index (χ2v) is 8.74. The van der Waals surface area contributed by atoms with Gasteiger partial charge in [0.05, 0.1) is 50.6 Å². The van der Waals surface area contributed by atoms with E-state index in [1.54, 1.807) is 51.3 Å². The van der Waals surface area contributed by atoms with Gasteiger partial charge in [0.1, 0.15) is 22.8 Å². The van der Waals surface area contributed by atoms with E-state index in [4.69, 9.17) is 18.9 Å². The van der Waals surface area contributed by atoms with Gasteiger partial charge in [-0.15, -0.1) is 0 Å². The predicted molar refractivity (Wildman–Crippen MR) is 121 cm³/mol. The number of anilines is 1. The fourth-order valence-electron chi connectivity index (χ4n) is 5.52. The van der Waals surface area contributed by atoms with Gasteiger partial charge in [-0.2, -0.15) is 0 Å². The van der Waals surface area contributed by atoms with Crippen LogP contribution < -0.4 is 19.5 Å². The number of carbonyl (C=O) groups excluding carboxylic acids is 3. The van der Waals surface area contributed by atoms with Gasteiger partial charge in [0, 0.05) is 17.5 Å². The van der Waals surface area contributed by atoms with E-state index in [0.717, 1.165) is 0 Å². The summed E-state index contributed by atoms with van der Waals surface area (Å²) < 4.78 is 22.1. The molecule has 2 aromatic carbocycles. The number of hydrogen-bond donors (Lipinski definition) is 1. The van der Waals surface area contributed by atoms with Crippen LogP contribution in [0, 0.1) is 11.8 Å². The molecule has 5 rings (SSSR count). The van der Waals surface area contributed by atoms with E-state index in [1.807, 2.05) is 6.07 Å². The summed E-state index contributed by atoms with van der Waals surface area (Å²) in [5.74, 6) is -1.12. The SMILES string of the molecule is CCOC(=O)[C@H]1[C@H]2COc3cc(OC)ccc3[C@@H]2N2C(=O)c3cc(OC)ccc3NC(=O)[C@@]12C. The first-order valence-corrected chi connectivity index (χ1v) is 11.2. The van der Waals surface area contributed by atoms with Crippen LogP contribution in [0.2, 0.25) is 0 Å². The first-order valence-electron chi connectivity index (χ1n) is 11.2. The van der Waals surface area contributed by atoms with Gasteiger partial charge in [-0.05, 0) is 44.2 Å². The normalized spacial score (nSPS) is 26.7. The number of ether oxygens (including phenoxy) is 4. The minimum absolute atomic E-state index is 0.145. The zero-order valence-electron chi connectivity index (χ0n) is 19.4. The fourth-order valence-corrected chi connectivity index (χ4v) is 5.52. The molecule has 0 unspecified atom stereocenters. The second-order valence-electron chi connectivity index (χ2n) is 8.74. The zero-order valence-corrected chi connectivity index (χ0v) is 19.4. The van der Waals surface area contributed by atoms with Gasteiger partial charge in [-0.25, -0.2) is 0 Å². The van der Waals surface area contributed by atoms with Crippen LogP contribution in [0.15, 0.2) is 36.4 Å². The quantitative estimate of drug-likeness (QED) is 0.691. The molecule has 0 aliphatic carbocycles.